The number of allylic oxidation sites excluding steroid dienone is 5. The molecule has 1 N–H and O–H groups in total. The Hall–Kier alpha value is -3.48. The van der Waals surface area contributed by atoms with Gasteiger partial charge in [0.05, 0.1) is 7.11 Å². The second-order valence-electron chi connectivity index (χ2n) is 5.25. The second kappa shape index (κ2) is 12.1. The molecule has 0 saturated heterocycles. The van der Waals surface area contributed by atoms with E-state index in [9.17, 15) is 17.6 Å². The molecule has 0 aromatic heterocycles. The number of hydrogen-bond donors (Lipinski definition) is 1. The van der Waals surface area contributed by atoms with E-state index in [0.717, 1.165) is 19.2 Å². The van der Waals surface area contributed by atoms with Crippen molar-refractivity contribution in [3.63, 3.8) is 0 Å². The zero-order valence-electron chi connectivity index (χ0n) is 16.0. The summed E-state index contributed by atoms with van der Waals surface area (Å²) in [5.74, 6) is -7.11. The van der Waals surface area contributed by atoms with Crippen molar-refractivity contribution in [2.75, 3.05) is 13.7 Å². The molecule has 0 saturated carbocycles. The quantitative estimate of drug-likeness (QED) is 0.222. The van der Waals surface area contributed by atoms with Gasteiger partial charge >= 0.3 is 0 Å². The third-order valence-corrected chi connectivity index (χ3v) is 3.30. The van der Waals surface area contributed by atoms with Gasteiger partial charge in [-0.1, -0.05) is 38.5 Å². The fraction of sp³-hybridized carbons (Fsp3) is 0.0909. The standard InChI is InChI=1S/C20H18F4O3.C2H4/c1-11(10-27-16-9-8-15(25)19(23)20(16)24)6-7-12(2)13(3)17(21)18(22)14(4)26-5;1-2/h6-9,25H,1-4,10H2,5H3;1-2H2/b7-6-,18-17-;. The SMILES string of the molecule is C=C.C=C(/C=C\C(=C)C(=C)/C(F)=C(/F)C(=C)OC)COc1ccc(O)c(F)c1F. The second-order valence-corrected chi connectivity index (χ2v) is 5.25. The molecule has 29 heavy (non-hydrogen) atoms. The maximum absolute atomic E-state index is 13.9. The Labute approximate surface area is 167 Å². The topological polar surface area (TPSA) is 38.7 Å². The predicted octanol–water partition coefficient (Wildman–Crippen LogP) is 6.39. The summed E-state index contributed by atoms with van der Waals surface area (Å²) in [4.78, 5) is 0. The zero-order valence-corrected chi connectivity index (χ0v) is 16.0. The van der Waals surface area contributed by atoms with Gasteiger partial charge in [0.15, 0.2) is 17.3 Å². The average molecular weight is 410 g/mol. The Bertz CT molecular complexity index is 867. The predicted molar refractivity (Wildman–Crippen MR) is 107 cm³/mol. The van der Waals surface area contributed by atoms with Crippen LogP contribution in [0.4, 0.5) is 17.6 Å². The summed E-state index contributed by atoms with van der Waals surface area (Å²) < 4.78 is 63.9. The number of aromatic hydroxyl groups is 1. The Morgan fingerprint density at radius 1 is 1.00 bits per heavy atom. The molecule has 1 aromatic rings. The lowest BCUT2D eigenvalue weighted by Gasteiger charge is -2.09. The van der Waals surface area contributed by atoms with Crippen LogP contribution >= 0.6 is 0 Å². The van der Waals surface area contributed by atoms with Gasteiger partial charge < -0.3 is 14.6 Å². The zero-order chi connectivity index (χ0) is 22.7. The van der Waals surface area contributed by atoms with Gasteiger partial charge in [0, 0.05) is 5.57 Å². The monoisotopic (exact) mass is 410 g/mol. The number of benzene rings is 1. The molecule has 7 heteroatoms. The number of ether oxygens (including phenoxy) is 2. The minimum Gasteiger partial charge on any atom is -0.505 e. The van der Waals surface area contributed by atoms with Crippen molar-refractivity contribution in [1.29, 1.82) is 0 Å². The van der Waals surface area contributed by atoms with Gasteiger partial charge in [-0.3, -0.25) is 0 Å². The van der Waals surface area contributed by atoms with E-state index in [-0.39, 0.29) is 17.8 Å². The molecule has 0 aliphatic rings. The number of phenols is 1. The Balaban J connectivity index is 0.00000379. The smallest absolute Gasteiger partial charge is 0.204 e. The van der Waals surface area contributed by atoms with Gasteiger partial charge in [-0.2, -0.15) is 13.2 Å². The van der Waals surface area contributed by atoms with E-state index in [1.54, 1.807) is 0 Å². The first-order valence-electron chi connectivity index (χ1n) is 7.92. The van der Waals surface area contributed by atoms with Gasteiger partial charge in [0.25, 0.3) is 0 Å². The fourth-order valence-corrected chi connectivity index (χ4v) is 1.66. The van der Waals surface area contributed by atoms with E-state index >= 15 is 0 Å². The van der Waals surface area contributed by atoms with Crippen molar-refractivity contribution >= 4 is 0 Å². The summed E-state index contributed by atoms with van der Waals surface area (Å²) in [5, 5.41) is 9.04. The molecule has 1 aromatic carbocycles. The van der Waals surface area contributed by atoms with Crippen LogP contribution in [0.2, 0.25) is 0 Å². The van der Waals surface area contributed by atoms with E-state index in [2.05, 4.69) is 44.2 Å². The molecule has 0 heterocycles. The third kappa shape index (κ3) is 7.21. The van der Waals surface area contributed by atoms with Gasteiger partial charge in [-0.25, -0.2) is 4.39 Å². The molecule has 0 unspecified atom stereocenters. The number of halogens is 4. The molecular formula is C22H22F4O3. The molecule has 3 nitrogen and oxygen atoms in total. The van der Waals surface area contributed by atoms with Crippen LogP contribution in [0.5, 0.6) is 11.5 Å². The van der Waals surface area contributed by atoms with Crippen LogP contribution in [0.25, 0.3) is 0 Å². The molecule has 0 fully saturated rings. The molecule has 156 valence electrons. The van der Waals surface area contributed by atoms with Gasteiger partial charge in [-0.05, 0) is 23.3 Å². The van der Waals surface area contributed by atoms with Crippen molar-refractivity contribution in [2.45, 2.75) is 0 Å². The Morgan fingerprint density at radius 2 is 1.59 bits per heavy atom. The van der Waals surface area contributed by atoms with E-state index < -0.39 is 40.5 Å². The molecule has 0 aliphatic heterocycles. The Kier molecular flexibility index (Phi) is 10.6. The van der Waals surface area contributed by atoms with Crippen LogP contribution in [0.1, 0.15) is 0 Å². The first kappa shape index (κ1) is 25.5. The lowest BCUT2D eigenvalue weighted by molar-refractivity contribution is 0.281. The number of hydrogen-bond acceptors (Lipinski definition) is 3. The van der Waals surface area contributed by atoms with E-state index in [1.807, 2.05) is 0 Å². The van der Waals surface area contributed by atoms with Crippen molar-refractivity contribution in [2.24, 2.45) is 0 Å². The highest BCUT2D eigenvalue weighted by molar-refractivity contribution is 5.49. The van der Waals surface area contributed by atoms with Crippen LogP contribution in [-0.2, 0) is 4.74 Å². The molecule has 0 aliphatic carbocycles. The van der Waals surface area contributed by atoms with Crippen LogP contribution in [0.15, 0.2) is 97.9 Å². The van der Waals surface area contributed by atoms with Crippen molar-refractivity contribution in [3.8, 4) is 11.5 Å². The van der Waals surface area contributed by atoms with Crippen molar-refractivity contribution in [3.05, 3.63) is 110 Å². The number of methoxy groups -OCH3 is 1. The number of phenolic OH excluding ortho intramolecular Hbond substituents is 1. The summed E-state index contributed by atoms with van der Waals surface area (Å²) >= 11 is 0. The molecule has 0 bridgehead atoms. The van der Waals surface area contributed by atoms with Crippen LogP contribution in [0, 0.1) is 11.6 Å². The highest BCUT2D eigenvalue weighted by Crippen LogP contribution is 2.28. The summed E-state index contributed by atoms with van der Waals surface area (Å²) in [5.41, 5.74) is -0.000117. The van der Waals surface area contributed by atoms with Crippen LogP contribution in [-0.4, -0.2) is 18.8 Å². The molecular weight excluding hydrogens is 388 g/mol. The first-order chi connectivity index (χ1) is 13.6. The lowest BCUT2D eigenvalue weighted by atomic mass is 10.1. The summed E-state index contributed by atoms with van der Waals surface area (Å²) in [6.45, 7) is 19.5. The third-order valence-electron chi connectivity index (χ3n) is 3.30. The van der Waals surface area contributed by atoms with Crippen molar-refractivity contribution in [1.82, 2.24) is 0 Å². The minimum absolute atomic E-state index is 0.0366. The van der Waals surface area contributed by atoms with Crippen LogP contribution < -0.4 is 4.74 Å². The van der Waals surface area contributed by atoms with Gasteiger partial charge in [-0.15, -0.1) is 13.2 Å². The summed E-state index contributed by atoms with van der Waals surface area (Å²) in [6, 6.07) is 1.99. The summed E-state index contributed by atoms with van der Waals surface area (Å²) in [7, 11) is 1.14. The van der Waals surface area contributed by atoms with E-state index in [1.165, 1.54) is 12.2 Å². The highest BCUT2D eigenvalue weighted by Gasteiger charge is 2.15. The van der Waals surface area contributed by atoms with E-state index in [0.29, 0.717) is 5.57 Å². The maximum atomic E-state index is 13.9. The lowest BCUT2D eigenvalue weighted by Crippen LogP contribution is -2.02. The molecule has 0 radical (unpaired) electrons. The molecule has 0 amide bonds. The fourth-order valence-electron chi connectivity index (χ4n) is 1.66. The van der Waals surface area contributed by atoms with Gasteiger partial charge in [0.1, 0.15) is 12.4 Å². The molecule has 0 spiro atoms. The van der Waals surface area contributed by atoms with Crippen LogP contribution in [0.3, 0.4) is 0 Å². The largest absolute Gasteiger partial charge is 0.505 e. The molecule has 1 rings (SSSR count). The summed E-state index contributed by atoms with van der Waals surface area (Å²) in [6.07, 6.45) is 2.66. The average Bonchev–Trinajstić information content (AvgIpc) is 2.74. The first-order valence-corrected chi connectivity index (χ1v) is 7.92. The normalized spacial score (nSPS) is 11.1. The Morgan fingerprint density at radius 3 is 2.14 bits per heavy atom. The molecule has 0 atom stereocenters. The van der Waals surface area contributed by atoms with Gasteiger partial charge in [0.2, 0.25) is 17.5 Å². The highest BCUT2D eigenvalue weighted by atomic mass is 19.2. The van der Waals surface area contributed by atoms with Crippen molar-refractivity contribution < 1.29 is 32.1 Å². The van der Waals surface area contributed by atoms with E-state index in [4.69, 9.17) is 9.84 Å². The number of rotatable bonds is 9. The maximum Gasteiger partial charge on any atom is 0.204 e. The minimum atomic E-state index is -1.43.